The Balaban J connectivity index is 2.62. The highest BCUT2D eigenvalue weighted by atomic mass is 32.2. The van der Waals surface area contributed by atoms with Crippen molar-refractivity contribution in [2.45, 2.75) is 25.9 Å². The third kappa shape index (κ3) is 3.06. The van der Waals surface area contributed by atoms with Gasteiger partial charge in [0.2, 0.25) is 0 Å². The van der Waals surface area contributed by atoms with Gasteiger partial charge in [-0.05, 0) is 19.8 Å². The molecule has 4 nitrogen and oxygen atoms in total. The van der Waals surface area contributed by atoms with Gasteiger partial charge in [0.05, 0.1) is 11.5 Å². The summed E-state index contributed by atoms with van der Waals surface area (Å²) in [6.45, 7) is 2.24. The Morgan fingerprint density at radius 1 is 1.57 bits per heavy atom. The Morgan fingerprint density at radius 3 is 2.79 bits per heavy atom. The summed E-state index contributed by atoms with van der Waals surface area (Å²) < 4.78 is 27.8. The Morgan fingerprint density at radius 2 is 2.29 bits per heavy atom. The van der Waals surface area contributed by atoms with Crippen molar-refractivity contribution in [3.8, 4) is 0 Å². The summed E-state index contributed by atoms with van der Waals surface area (Å²) in [5.74, 6) is 0.198. The molecule has 1 aliphatic rings. The van der Waals surface area contributed by atoms with Gasteiger partial charge in [-0.3, -0.25) is 0 Å². The summed E-state index contributed by atoms with van der Waals surface area (Å²) in [6, 6.07) is 0. The fraction of sp³-hybridized carbons (Fsp3) is 0.889. The van der Waals surface area contributed by atoms with Crippen LogP contribution in [0.5, 0.6) is 0 Å². The van der Waals surface area contributed by atoms with E-state index in [2.05, 4.69) is 0 Å². The Kier molecular flexibility index (Phi) is 4.07. The molecule has 82 valence electrons. The van der Waals surface area contributed by atoms with Gasteiger partial charge >= 0.3 is 0 Å². The smallest absolute Gasteiger partial charge is 0.150 e. The predicted molar refractivity (Wildman–Crippen MR) is 52.9 cm³/mol. The van der Waals surface area contributed by atoms with Crippen molar-refractivity contribution in [1.29, 1.82) is 0 Å². The molecule has 14 heavy (non-hydrogen) atoms. The lowest BCUT2D eigenvalue weighted by molar-refractivity contribution is -0.120. The van der Waals surface area contributed by atoms with Gasteiger partial charge in [-0.2, -0.15) is 0 Å². The predicted octanol–water partition coefficient (Wildman–Crippen LogP) is 0.415. The Bertz CT molecular complexity index is 283. The van der Waals surface area contributed by atoms with Gasteiger partial charge in [-0.15, -0.1) is 0 Å². The van der Waals surface area contributed by atoms with E-state index >= 15 is 0 Å². The molecule has 0 aliphatic carbocycles. The van der Waals surface area contributed by atoms with Crippen molar-refractivity contribution in [2.75, 3.05) is 18.1 Å². The first kappa shape index (κ1) is 11.7. The minimum atomic E-state index is -2.94. The molecule has 5 heteroatoms. The monoisotopic (exact) mass is 220 g/mol. The van der Waals surface area contributed by atoms with Gasteiger partial charge < -0.3 is 9.53 Å². The molecule has 2 atom stereocenters. The molecule has 1 heterocycles. The van der Waals surface area contributed by atoms with Crippen LogP contribution >= 0.6 is 0 Å². The highest BCUT2D eigenvalue weighted by molar-refractivity contribution is 7.91. The van der Waals surface area contributed by atoms with E-state index in [0.29, 0.717) is 13.0 Å². The normalized spacial score (nSPS) is 28.2. The average molecular weight is 220 g/mol. The van der Waals surface area contributed by atoms with E-state index in [4.69, 9.17) is 4.74 Å². The molecule has 0 amide bonds. The highest BCUT2D eigenvalue weighted by Crippen LogP contribution is 2.22. The zero-order valence-electron chi connectivity index (χ0n) is 8.31. The lowest BCUT2D eigenvalue weighted by atomic mass is 9.99. The van der Waals surface area contributed by atoms with Crippen LogP contribution < -0.4 is 0 Å². The lowest BCUT2D eigenvalue weighted by Gasteiger charge is -2.26. The van der Waals surface area contributed by atoms with Gasteiger partial charge in [-0.1, -0.05) is 0 Å². The number of hydrogen-bond acceptors (Lipinski definition) is 4. The number of carbonyl (C=O) groups excluding carboxylic acids is 1. The van der Waals surface area contributed by atoms with Gasteiger partial charge in [0, 0.05) is 12.5 Å². The molecule has 0 aromatic rings. The van der Waals surface area contributed by atoms with E-state index in [-0.39, 0.29) is 17.4 Å². The topological polar surface area (TPSA) is 60.4 Å². The minimum Gasteiger partial charge on any atom is -0.371 e. The summed E-state index contributed by atoms with van der Waals surface area (Å²) in [5, 5.41) is 0. The van der Waals surface area contributed by atoms with Crippen LogP contribution in [-0.2, 0) is 19.4 Å². The maximum atomic E-state index is 11.3. The Labute approximate surface area is 84.6 Å². The largest absolute Gasteiger partial charge is 0.371 e. The second kappa shape index (κ2) is 4.89. The van der Waals surface area contributed by atoms with Gasteiger partial charge in [0.25, 0.3) is 0 Å². The van der Waals surface area contributed by atoms with Crippen molar-refractivity contribution in [2.24, 2.45) is 5.92 Å². The molecule has 0 N–H and O–H groups in total. The number of sulfone groups is 1. The summed E-state index contributed by atoms with van der Waals surface area (Å²) in [6.07, 6.45) is 1.58. The molecule has 1 saturated heterocycles. The second-order valence-corrected chi connectivity index (χ2v) is 5.80. The maximum Gasteiger partial charge on any atom is 0.150 e. The van der Waals surface area contributed by atoms with Crippen molar-refractivity contribution >= 4 is 16.1 Å². The number of aldehydes is 1. The van der Waals surface area contributed by atoms with E-state index in [1.165, 1.54) is 0 Å². The molecule has 0 spiro atoms. The minimum absolute atomic E-state index is 0.0937. The number of ether oxygens (including phenoxy) is 1. The van der Waals surface area contributed by atoms with Gasteiger partial charge in [0.15, 0.2) is 9.84 Å². The van der Waals surface area contributed by atoms with Crippen LogP contribution in [0.2, 0.25) is 0 Å². The zero-order valence-corrected chi connectivity index (χ0v) is 9.13. The van der Waals surface area contributed by atoms with Gasteiger partial charge in [-0.25, -0.2) is 8.42 Å². The van der Waals surface area contributed by atoms with Crippen LogP contribution in [0.25, 0.3) is 0 Å². The third-order valence-electron chi connectivity index (χ3n) is 2.46. The summed E-state index contributed by atoms with van der Waals surface area (Å²) >= 11 is 0. The van der Waals surface area contributed by atoms with Crippen molar-refractivity contribution < 1.29 is 17.9 Å². The summed E-state index contributed by atoms with van der Waals surface area (Å²) in [5.41, 5.74) is 0. The maximum absolute atomic E-state index is 11.3. The van der Waals surface area contributed by atoms with Crippen LogP contribution in [0.1, 0.15) is 19.8 Å². The Hall–Kier alpha value is -0.420. The number of rotatable bonds is 4. The van der Waals surface area contributed by atoms with E-state index in [0.717, 1.165) is 12.7 Å². The first-order chi connectivity index (χ1) is 6.59. The molecule has 0 aromatic heterocycles. The SMILES string of the molecule is CCOC(C=O)C1CCCS(=O)(=O)C1. The molecule has 1 rings (SSSR count). The molecule has 1 aliphatic heterocycles. The van der Waals surface area contributed by atoms with Gasteiger partial charge in [0.1, 0.15) is 12.4 Å². The first-order valence-electron chi connectivity index (χ1n) is 4.86. The fourth-order valence-electron chi connectivity index (χ4n) is 1.80. The molecule has 1 fully saturated rings. The highest BCUT2D eigenvalue weighted by Gasteiger charge is 2.30. The van der Waals surface area contributed by atoms with Crippen molar-refractivity contribution in [3.05, 3.63) is 0 Å². The first-order valence-corrected chi connectivity index (χ1v) is 6.68. The van der Waals surface area contributed by atoms with E-state index in [9.17, 15) is 13.2 Å². The van der Waals surface area contributed by atoms with Crippen molar-refractivity contribution in [3.63, 3.8) is 0 Å². The second-order valence-electron chi connectivity index (χ2n) is 3.57. The summed E-state index contributed by atoms with van der Waals surface area (Å²) in [4.78, 5) is 10.7. The molecule has 0 aromatic carbocycles. The number of hydrogen-bond donors (Lipinski definition) is 0. The van der Waals surface area contributed by atoms with Crippen LogP contribution in [0, 0.1) is 5.92 Å². The molecular weight excluding hydrogens is 204 g/mol. The lowest BCUT2D eigenvalue weighted by Crippen LogP contribution is -2.35. The van der Waals surface area contributed by atoms with Crippen LogP contribution in [0.3, 0.4) is 0 Å². The average Bonchev–Trinajstić information content (AvgIpc) is 2.12. The third-order valence-corrected chi connectivity index (χ3v) is 4.30. The molecule has 0 saturated carbocycles. The fourth-order valence-corrected chi connectivity index (χ4v) is 3.58. The van der Waals surface area contributed by atoms with Crippen LogP contribution in [0.4, 0.5) is 0 Å². The molecule has 0 radical (unpaired) electrons. The van der Waals surface area contributed by atoms with E-state index in [1.54, 1.807) is 6.92 Å². The van der Waals surface area contributed by atoms with E-state index in [1.807, 2.05) is 0 Å². The quantitative estimate of drug-likeness (QED) is 0.644. The molecular formula is C9H16O4S. The van der Waals surface area contributed by atoms with Crippen LogP contribution in [0.15, 0.2) is 0 Å². The summed E-state index contributed by atoms with van der Waals surface area (Å²) in [7, 11) is -2.94. The standard InChI is InChI=1S/C9H16O4S/c1-2-13-9(6-10)8-4-3-5-14(11,12)7-8/h6,8-9H,2-5,7H2,1H3. The van der Waals surface area contributed by atoms with Crippen molar-refractivity contribution in [1.82, 2.24) is 0 Å². The van der Waals surface area contributed by atoms with Crippen LogP contribution in [-0.4, -0.2) is 38.9 Å². The number of carbonyl (C=O) groups is 1. The zero-order chi connectivity index (χ0) is 10.6. The molecule has 2 unspecified atom stereocenters. The van der Waals surface area contributed by atoms with E-state index < -0.39 is 15.9 Å². The molecule has 0 bridgehead atoms.